The SMILES string of the molecule is CO/C=C/C(=O)/C=C(\O)C1(F)CC1. The molecule has 0 spiro atoms. The summed E-state index contributed by atoms with van der Waals surface area (Å²) in [6, 6.07) is 0. The van der Waals surface area contributed by atoms with Crippen molar-refractivity contribution in [3.63, 3.8) is 0 Å². The number of aliphatic hydroxyl groups is 1. The van der Waals surface area contributed by atoms with Gasteiger partial charge >= 0.3 is 0 Å². The summed E-state index contributed by atoms with van der Waals surface area (Å²) >= 11 is 0. The summed E-state index contributed by atoms with van der Waals surface area (Å²) < 4.78 is 17.5. The number of hydrogen-bond acceptors (Lipinski definition) is 3. The van der Waals surface area contributed by atoms with Crippen LogP contribution in [-0.2, 0) is 9.53 Å². The largest absolute Gasteiger partial charge is 0.509 e. The first-order valence-corrected chi connectivity index (χ1v) is 3.92. The van der Waals surface area contributed by atoms with Crippen LogP contribution in [0.1, 0.15) is 12.8 Å². The summed E-state index contributed by atoms with van der Waals surface area (Å²) in [7, 11) is 1.39. The Morgan fingerprint density at radius 1 is 1.62 bits per heavy atom. The number of rotatable bonds is 4. The molecular formula is C9H11FO3. The van der Waals surface area contributed by atoms with Crippen LogP contribution in [0.15, 0.2) is 24.2 Å². The Kier molecular flexibility index (Phi) is 2.70. The maximum absolute atomic E-state index is 13.1. The van der Waals surface area contributed by atoms with E-state index in [1.807, 2.05) is 0 Å². The number of aliphatic hydroxyl groups excluding tert-OH is 1. The summed E-state index contributed by atoms with van der Waals surface area (Å²) in [5.41, 5.74) is -1.64. The Balaban J connectivity index is 2.55. The zero-order valence-electron chi connectivity index (χ0n) is 7.29. The molecule has 1 aliphatic carbocycles. The van der Waals surface area contributed by atoms with Crippen LogP contribution in [0.25, 0.3) is 0 Å². The van der Waals surface area contributed by atoms with Crippen LogP contribution in [0.5, 0.6) is 0 Å². The number of carbonyl (C=O) groups is 1. The van der Waals surface area contributed by atoms with Gasteiger partial charge in [-0.3, -0.25) is 4.79 Å². The fourth-order valence-corrected chi connectivity index (χ4v) is 0.813. The van der Waals surface area contributed by atoms with Gasteiger partial charge in [0.15, 0.2) is 11.5 Å². The Labute approximate surface area is 75.5 Å². The summed E-state index contributed by atoms with van der Waals surface area (Å²) in [6.45, 7) is 0. The molecule has 0 radical (unpaired) electrons. The van der Waals surface area contributed by atoms with Gasteiger partial charge in [-0.15, -0.1) is 0 Å². The lowest BCUT2D eigenvalue weighted by Gasteiger charge is -2.00. The molecule has 1 rings (SSSR count). The first-order chi connectivity index (χ1) is 6.08. The van der Waals surface area contributed by atoms with E-state index in [2.05, 4.69) is 4.74 Å². The van der Waals surface area contributed by atoms with E-state index in [1.165, 1.54) is 13.4 Å². The number of hydrogen-bond donors (Lipinski definition) is 1. The van der Waals surface area contributed by atoms with E-state index in [0.717, 1.165) is 12.2 Å². The van der Waals surface area contributed by atoms with Gasteiger partial charge in [0.25, 0.3) is 0 Å². The Morgan fingerprint density at radius 2 is 2.23 bits per heavy atom. The van der Waals surface area contributed by atoms with Gasteiger partial charge in [-0.1, -0.05) is 0 Å². The standard InChI is InChI=1S/C9H11FO3/c1-13-5-2-7(11)6-8(12)9(10)3-4-9/h2,5-6,12H,3-4H2,1H3/b5-2+,8-6-. The van der Waals surface area contributed by atoms with Crippen LogP contribution in [0.4, 0.5) is 4.39 Å². The van der Waals surface area contributed by atoms with Crippen molar-refractivity contribution in [1.29, 1.82) is 0 Å². The van der Waals surface area contributed by atoms with Crippen LogP contribution in [-0.4, -0.2) is 23.7 Å². The van der Waals surface area contributed by atoms with E-state index in [-0.39, 0.29) is 12.8 Å². The Morgan fingerprint density at radius 3 is 2.69 bits per heavy atom. The number of alkyl halides is 1. The fourth-order valence-electron chi connectivity index (χ4n) is 0.813. The third-order valence-corrected chi connectivity index (χ3v) is 1.80. The van der Waals surface area contributed by atoms with Gasteiger partial charge in [-0.25, -0.2) is 4.39 Å². The molecule has 0 atom stereocenters. The molecule has 0 aromatic heterocycles. The molecule has 72 valence electrons. The van der Waals surface area contributed by atoms with Crippen molar-refractivity contribution in [2.24, 2.45) is 0 Å². The summed E-state index contributed by atoms with van der Waals surface area (Å²) in [4.78, 5) is 10.9. The van der Waals surface area contributed by atoms with Crippen molar-refractivity contribution in [3.05, 3.63) is 24.2 Å². The molecular weight excluding hydrogens is 175 g/mol. The average Bonchev–Trinajstić information content (AvgIpc) is 2.81. The molecule has 13 heavy (non-hydrogen) atoms. The minimum absolute atomic E-state index is 0.288. The number of allylic oxidation sites excluding steroid dienone is 3. The highest BCUT2D eigenvalue weighted by Gasteiger charge is 2.47. The first-order valence-electron chi connectivity index (χ1n) is 3.92. The second-order valence-corrected chi connectivity index (χ2v) is 2.94. The number of methoxy groups -OCH3 is 1. The van der Waals surface area contributed by atoms with Gasteiger partial charge in [0, 0.05) is 12.2 Å². The summed E-state index contributed by atoms with van der Waals surface area (Å²) in [5.74, 6) is -0.971. The molecule has 1 N–H and O–H groups in total. The predicted octanol–water partition coefficient (Wildman–Crippen LogP) is 1.66. The van der Waals surface area contributed by atoms with Crippen molar-refractivity contribution >= 4 is 5.78 Å². The van der Waals surface area contributed by atoms with Crippen molar-refractivity contribution in [3.8, 4) is 0 Å². The second kappa shape index (κ2) is 3.60. The molecule has 0 bridgehead atoms. The van der Waals surface area contributed by atoms with Gasteiger partial charge in [-0.2, -0.15) is 0 Å². The van der Waals surface area contributed by atoms with Crippen molar-refractivity contribution in [2.45, 2.75) is 18.5 Å². The van der Waals surface area contributed by atoms with Crippen molar-refractivity contribution < 1.29 is 19.0 Å². The molecule has 0 saturated heterocycles. The molecule has 0 aromatic rings. The maximum Gasteiger partial charge on any atom is 0.185 e. The van der Waals surface area contributed by atoms with Gasteiger partial charge in [0.05, 0.1) is 13.4 Å². The Bertz CT molecular complexity index is 264. The normalized spacial score (nSPS) is 20.3. The topological polar surface area (TPSA) is 46.5 Å². The quantitative estimate of drug-likeness (QED) is 0.536. The molecule has 4 heteroatoms. The van der Waals surface area contributed by atoms with E-state index in [4.69, 9.17) is 5.11 Å². The highest BCUT2D eigenvalue weighted by Crippen LogP contribution is 2.44. The molecule has 1 aliphatic rings. The summed E-state index contributed by atoms with van der Waals surface area (Å²) in [5, 5.41) is 9.11. The van der Waals surface area contributed by atoms with Crippen LogP contribution in [0, 0.1) is 0 Å². The molecule has 0 heterocycles. The van der Waals surface area contributed by atoms with E-state index in [9.17, 15) is 9.18 Å². The second-order valence-electron chi connectivity index (χ2n) is 2.94. The molecule has 0 unspecified atom stereocenters. The molecule has 1 saturated carbocycles. The molecule has 0 amide bonds. The van der Waals surface area contributed by atoms with Gasteiger partial charge in [0.1, 0.15) is 5.76 Å². The van der Waals surface area contributed by atoms with E-state index >= 15 is 0 Å². The van der Waals surface area contributed by atoms with E-state index in [1.54, 1.807) is 0 Å². The monoisotopic (exact) mass is 186 g/mol. The van der Waals surface area contributed by atoms with Gasteiger partial charge in [0.2, 0.25) is 0 Å². The van der Waals surface area contributed by atoms with Crippen molar-refractivity contribution in [1.82, 2.24) is 0 Å². The molecule has 3 nitrogen and oxygen atoms in total. The lowest BCUT2D eigenvalue weighted by atomic mass is 10.2. The van der Waals surface area contributed by atoms with E-state index in [0.29, 0.717) is 0 Å². The average molecular weight is 186 g/mol. The third kappa shape index (κ3) is 2.57. The Hall–Kier alpha value is -1.32. The third-order valence-electron chi connectivity index (χ3n) is 1.80. The fraction of sp³-hybridized carbons (Fsp3) is 0.444. The van der Waals surface area contributed by atoms with Crippen molar-refractivity contribution in [2.75, 3.05) is 7.11 Å². The number of ketones is 1. The minimum Gasteiger partial charge on any atom is -0.509 e. The highest BCUT2D eigenvalue weighted by molar-refractivity contribution is 5.99. The molecule has 0 aromatic carbocycles. The van der Waals surface area contributed by atoms with Crippen LogP contribution in [0.3, 0.4) is 0 Å². The maximum atomic E-state index is 13.1. The van der Waals surface area contributed by atoms with Crippen LogP contribution >= 0.6 is 0 Å². The minimum atomic E-state index is -1.64. The van der Waals surface area contributed by atoms with E-state index < -0.39 is 17.2 Å². The van der Waals surface area contributed by atoms with Gasteiger partial charge in [-0.05, 0) is 12.8 Å². The lowest BCUT2D eigenvalue weighted by molar-refractivity contribution is -0.110. The lowest BCUT2D eigenvalue weighted by Crippen LogP contribution is -2.05. The molecule has 1 fully saturated rings. The van der Waals surface area contributed by atoms with Gasteiger partial charge < -0.3 is 9.84 Å². The zero-order chi connectivity index (χ0) is 9.90. The number of ether oxygens (including phenoxy) is 1. The van der Waals surface area contributed by atoms with Crippen LogP contribution in [0.2, 0.25) is 0 Å². The highest BCUT2D eigenvalue weighted by atomic mass is 19.1. The summed E-state index contributed by atoms with van der Waals surface area (Å²) in [6.07, 6.45) is 3.74. The predicted molar refractivity (Wildman–Crippen MR) is 44.9 cm³/mol. The zero-order valence-corrected chi connectivity index (χ0v) is 7.29. The number of halogens is 1. The smallest absolute Gasteiger partial charge is 0.185 e. The molecule has 0 aliphatic heterocycles. The number of carbonyl (C=O) groups excluding carboxylic acids is 1. The van der Waals surface area contributed by atoms with Crippen LogP contribution < -0.4 is 0 Å². The first kappa shape index (κ1) is 9.77.